The van der Waals surface area contributed by atoms with Gasteiger partial charge >= 0.3 is 0 Å². The molecule has 112 valence electrons. The summed E-state index contributed by atoms with van der Waals surface area (Å²) >= 11 is 0. The highest BCUT2D eigenvalue weighted by atomic mass is 16.5. The van der Waals surface area contributed by atoms with Crippen LogP contribution in [0.4, 0.5) is 0 Å². The van der Waals surface area contributed by atoms with Crippen LogP contribution in [-0.2, 0) is 4.74 Å². The third-order valence-corrected chi connectivity index (χ3v) is 4.89. The first-order valence-electron chi connectivity index (χ1n) is 7.90. The number of aliphatic hydroxyl groups excluding tert-OH is 1. The van der Waals surface area contributed by atoms with E-state index in [1.54, 1.807) is 0 Å². The molecule has 19 heavy (non-hydrogen) atoms. The van der Waals surface area contributed by atoms with Crippen LogP contribution in [0.3, 0.4) is 0 Å². The van der Waals surface area contributed by atoms with Crippen LogP contribution in [0.15, 0.2) is 0 Å². The average Bonchev–Trinajstić information content (AvgIpc) is 2.80. The molecule has 0 aromatic rings. The number of nitrogens with one attached hydrogen (secondary N) is 1. The highest BCUT2D eigenvalue weighted by molar-refractivity contribution is 4.99. The fourth-order valence-electron chi connectivity index (χ4n) is 3.85. The minimum absolute atomic E-state index is 0.00729. The summed E-state index contributed by atoms with van der Waals surface area (Å²) in [5, 5.41) is 13.4. The van der Waals surface area contributed by atoms with Gasteiger partial charge in [-0.3, -0.25) is 4.90 Å². The number of morpholine rings is 1. The second kappa shape index (κ2) is 7.02. The Bertz CT molecular complexity index is 275. The molecule has 0 amide bonds. The Morgan fingerprint density at radius 2 is 2.32 bits per heavy atom. The second-order valence-electron chi connectivity index (χ2n) is 6.20. The molecule has 1 heterocycles. The Morgan fingerprint density at radius 1 is 1.47 bits per heavy atom. The van der Waals surface area contributed by atoms with Crippen LogP contribution >= 0.6 is 0 Å². The molecule has 0 aromatic heterocycles. The Labute approximate surface area is 117 Å². The van der Waals surface area contributed by atoms with Crippen molar-refractivity contribution < 1.29 is 9.84 Å². The lowest BCUT2D eigenvalue weighted by atomic mass is 9.85. The Hall–Kier alpha value is -0.160. The highest BCUT2D eigenvalue weighted by Gasteiger charge is 2.41. The summed E-state index contributed by atoms with van der Waals surface area (Å²) in [6.07, 6.45) is 5.20. The third kappa shape index (κ3) is 3.69. The molecule has 1 aliphatic carbocycles. The van der Waals surface area contributed by atoms with E-state index in [0.29, 0.717) is 12.0 Å². The van der Waals surface area contributed by atoms with Gasteiger partial charge in [0.1, 0.15) is 0 Å². The number of ether oxygens (including phenoxy) is 1. The fourth-order valence-corrected chi connectivity index (χ4v) is 3.85. The molecule has 4 heteroatoms. The van der Waals surface area contributed by atoms with Gasteiger partial charge in [-0.15, -0.1) is 0 Å². The van der Waals surface area contributed by atoms with E-state index in [2.05, 4.69) is 24.1 Å². The van der Waals surface area contributed by atoms with Gasteiger partial charge in [-0.05, 0) is 45.2 Å². The van der Waals surface area contributed by atoms with E-state index in [1.165, 1.54) is 19.3 Å². The molecule has 4 nitrogen and oxygen atoms in total. The molecule has 2 fully saturated rings. The summed E-state index contributed by atoms with van der Waals surface area (Å²) in [4.78, 5) is 2.51. The van der Waals surface area contributed by atoms with Gasteiger partial charge in [0.15, 0.2) is 0 Å². The van der Waals surface area contributed by atoms with E-state index in [4.69, 9.17) is 4.74 Å². The van der Waals surface area contributed by atoms with E-state index in [1.807, 2.05) is 0 Å². The zero-order valence-electron chi connectivity index (χ0n) is 12.5. The van der Waals surface area contributed by atoms with Crippen molar-refractivity contribution in [3.05, 3.63) is 0 Å². The zero-order valence-corrected chi connectivity index (χ0v) is 12.5. The number of aliphatic hydroxyl groups is 1. The molecule has 0 bridgehead atoms. The van der Waals surface area contributed by atoms with Crippen molar-refractivity contribution in [2.45, 2.75) is 51.2 Å². The van der Waals surface area contributed by atoms with Crippen molar-refractivity contribution in [2.75, 3.05) is 39.4 Å². The smallest absolute Gasteiger partial charge is 0.0674 e. The molecule has 2 aliphatic rings. The molecule has 0 spiro atoms. The molecule has 1 saturated heterocycles. The van der Waals surface area contributed by atoms with Gasteiger partial charge in [0, 0.05) is 18.6 Å². The monoisotopic (exact) mass is 270 g/mol. The van der Waals surface area contributed by atoms with Crippen LogP contribution < -0.4 is 5.32 Å². The molecule has 1 saturated carbocycles. The normalized spacial score (nSPS) is 36.8. The summed E-state index contributed by atoms with van der Waals surface area (Å²) in [7, 11) is 0. The molecule has 1 aliphatic heterocycles. The van der Waals surface area contributed by atoms with Gasteiger partial charge in [0.25, 0.3) is 0 Å². The quantitative estimate of drug-likeness (QED) is 0.762. The predicted octanol–water partition coefficient (Wildman–Crippen LogP) is 1.24. The van der Waals surface area contributed by atoms with Crippen LogP contribution in [-0.4, -0.2) is 61.0 Å². The molecule has 3 unspecified atom stereocenters. The maximum Gasteiger partial charge on any atom is 0.0674 e. The number of likely N-dealkylation sites (N-methyl/N-ethyl adjacent to an activating group) is 1. The van der Waals surface area contributed by atoms with E-state index in [-0.39, 0.29) is 12.1 Å². The van der Waals surface area contributed by atoms with Gasteiger partial charge in [0.2, 0.25) is 0 Å². The maximum absolute atomic E-state index is 9.80. The Kier molecular flexibility index (Phi) is 5.63. The SMILES string of the molecule is CCNC1(CO)CCCC1CCN1CCOC(C)C1. The number of hydrogen-bond donors (Lipinski definition) is 2. The minimum atomic E-state index is -0.00729. The van der Waals surface area contributed by atoms with E-state index in [9.17, 15) is 5.11 Å². The Morgan fingerprint density at radius 3 is 3.00 bits per heavy atom. The van der Waals surface area contributed by atoms with Gasteiger partial charge in [-0.25, -0.2) is 0 Å². The van der Waals surface area contributed by atoms with E-state index >= 15 is 0 Å². The summed E-state index contributed by atoms with van der Waals surface area (Å²) < 4.78 is 5.59. The lowest BCUT2D eigenvalue weighted by Crippen LogP contribution is -2.52. The number of rotatable bonds is 6. The summed E-state index contributed by atoms with van der Waals surface area (Å²) in [6, 6.07) is 0. The van der Waals surface area contributed by atoms with Crippen molar-refractivity contribution in [1.82, 2.24) is 10.2 Å². The van der Waals surface area contributed by atoms with E-state index in [0.717, 1.165) is 39.2 Å². The molecule has 3 atom stereocenters. The van der Waals surface area contributed by atoms with Crippen molar-refractivity contribution in [2.24, 2.45) is 5.92 Å². The Balaban J connectivity index is 1.83. The lowest BCUT2D eigenvalue weighted by Gasteiger charge is -2.37. The first-order chi connectivity index (χ1) is 9.20. The van der Waals surface area contributed by atoms with Crippen LogP contribution in [0.1, 0.15) is 39.5 Å². The topological polar surface area (TPSA) is 44.7 Å². The van der Waals surface area contributed by atoms with Crippen molar-refractivity contribution >= 4 is 0 Å². The molecule has 0 radical (unpaired) electrons. The maximum atomic E-state index is 9.80. The lowest BCUT2D eigenvalue weighted by molar-refractivity contribution is -0.0213. The van der Waals surface area contributed by atoms with Crippen LogP contribution in [0.2, 0.25) is 0 Å². The number of nitrogens with zero attached hydrogens (tertiary/aromatic N) is 1. The minimum Gasteiger partial charge on any atom is -0.394 e. The van der Waals surface area contributed by atoms with Crippen LogP contribution in [0, 0.1) is 5.92 Å². The third-order valence-electron chi connectivity index (χ3n) is 4.89. The standard InChI is InChI=1S/C15H30N2O2/c1-3-16-15(12-18)7-4-5-14(15)6-8-17-9-10-19-13(2)11-17/h13-14,16,18H,3-12H2,1-2H3. The first kappa shape index (κ1) is 15.2. The molecular weight excluding hydrogens is 240 g/mol. The van der Waals surface area contributed by atoms with Crippen molar-refractivity contribution in [3.63, 3.8) is 0 Å². The molecule has 0 aromatic carbocycles. The second-order valence-corrected chi connectivity index (χ2v) is 6.20. The van der Waals surface area contributed by atoms with Gasteiger partial charge in [0.05, 0.1) is 19.3 Å². The van der Waals surface area contributed by atoms with E-state index < -0.39 is 0 Å². The van der Waals surface area contributed by atoms with Crippen molar-refractivity contribution in [3.8, 4) is 0 Å². The number of hydrogen-bond acceptors (Lipinski definition) is 4. The van der Waals surface area contributed by atoms with Crippen LogP contribution in [0.25, 0.3) is 0 Å². The first-order valence-corrected chi connectivity index (χ1v) is 7.90. The fraction of sp³-hybridized carbons (Fsp3) is 1.00. The molecular formula is C15H30N2O2. The van der Waals surface area contributed by atoms with Gasteiger partial charge in [-0.2, -0.15) is 0 Å². The summed E-state index contributed by atoms with van der Waals surface area (Å²) in [6.45, 7) is 9.64. The van der Waals surface area contributed by atoms with Gasteiger partial charge in [-0.1, -0.05) is 13.3 Å². The van der Waals surface area contributed by atoms with Crippen LogP contribution in [0.5, 0.6) is 0 Å². The van der Waals surface area contributed by atoms with Crippen molar-refractivity contribution in [1.29, 1.82) is 0 Å². The summed E-state index contributed by atoms with van der Waals surface area (Å²) in [5.74, 6) is 0.621. The predicted molar refractivity (Wildman–Crippen MR) is 77.3 cm³/mol. The zero-order chi connectivity index (χ0) is 13.7. The largest absolute Gasteiger partial charge is 0.394 e. The van der Waals surface area contributed by atoms with Gasteiger partial charge < -0.3 is 15.2 Å². The average molecular weight is 270 g/mol. The summed E-state index contributed by atoms with van der Waals surface area (Å²) in [5.41, 5.74) is -0.00729. The molecule has 2 rings (SSSR count). The molecule has 2 N–H and O–H groups in total. The highest BCUT2D eigenvalue weighted by Crippen LogP contribution is 2.37.